The average Bonchev–Trinajstić information content (AvgIpc) is 2.29. The van der Waals surface area contributed by atoms with Gasteiger partial charge in [0.1, 0.15) is 5.82 Å². The molecule has 1 aliphatic rings. The lowest BCUT2D eigenvalue weighted by Crippen LogP contribution is -2.40. The molecule has 6 heteroatoms. The predicted molar refractivity (Wildman–Crippen MR) is 67.1 cm³/mol. The molecule has 0 amide bonds. The van der Waals surface area contributed by atoms with Crippen molar-refractivity contribution in [3.05, 3.63) is 30.1 Å². The Bertz CT molecular complexity index is 487. The number of hydrogen-bond acceptors (Lipinski definition) is 3. The number of halogens is 1. The molecule has 1 unspecified atom stereocenters. The van der Waals surface area contributed by atoms with E-state index in [1.54, 1.807) is 11.8 Å². The summed E-state index contributed by atoms with van der Waals surface area (Å²) in [5, 5.41) is 0.305. The highest BCUT2D eigenvalue weighted by Crippen LogP contribution is 2.24. The molecule has 1 saturated heterocycles. The van der Waals surface area contributed by atoms with E-state index in [0.29, 0.717) is 18.3 Å². The van der Waals surface area contributed by atoms with Crippen LogP contribution in [0.25, 0.3) is 0 Å². The van der Waals surface area contributed by atoms with Crippen molar-refractivity contribution in [2.45, 2.75) is 17.1 Å². The first-order valence-corrected chi connectivity index (χ1v) is 7.86. The Labute approximate surface area is 105 Å². The van der Waals surface area contributed by atoms with E-state index in [9.17, 15) is 12.8 Å². The molecule has 0 bridgehead atoms. The number of hydrogen-bond donors (Lipinski definition) is 0. The Morgan fingerprint density at radius 2 is 2.00 bits per heavy atom. The topological polar surface area (TPSA) is 37.4 Å². The summed E-state index contributed by atoms with van der Waals surface area (Å²) in [6.07, 6.45) is 0. The van der Waals surface area contributed by atoms with Gasteiger partial charge in [0.15, 0.2) is 0 Å². The monoisotopic (exact) mass is 275 g/mol. The highest BCUT2D eigenvalue weighted by atomic mass is 32.2. The van der Waals surface area contributed by atoms with Crippen LogP contribution in [0.4, 0.5) is 4.39 Å². The van der Waals surface area contributed by atoms with Crippen LogP contribution in [0.1, 0.15) is 6.92 Å². The number of benzene rings is 1. The van der Waals surface area contributed by atoms with Crippen LogP contribution in [0.2, 0.25) is 0 Å². The molecule has 0 aliphatic carbocycles. The molecule has 0 N–H and O–H groups in total. The number of sulfonamides is 1. The lowest BCUT2D eigenvalue weighted by molar-refractivity contribution is 0.424. The van der Waals surface area contributed by atoms with Gasteiger partial charge in [0.2, 0.25) is 10.0 Å². The van der Waals surface area contributed by atoms with Crippen LogP contribution < -0.4 is 0 Å². The summed E-state index contributed by atoms with van der Waals surface area (Å²) in [6, 6.07) is 4.98. The van der Waals surface area contributed by atoms with Crippen LogP contribution in [0.3, 0.4) is 0 Å². The lowest BCUT2D eigenvalue weighted by atomic mass is 10.4. The summed E-state index contributed by atoms with van der Waals surface area (Å²) in [5.74, 6) is 0.383. The van der Waals surface area contributed by atoms with E-state index >= 15 is 0 Å². The van der Waals surface area contributed by atoms with Crippen LogP contribution in [-0.2, 0) is 10.0 Å². The fraction of sp³-hybridized carbons (Fsp3) is 0.455. The Morgan fingerprint density at radius 1 is 1.35 bits per heavy atom. The molecule has 2 rings (SSSR count). The van der Waals surface area contributed by atoms with Gasteiger partial charge in [-0.15, -0.1) is 0 Å². The predicted octanol–water partition coefficient (Wildman–Crippen LogP) is 1.95. The summed E-state index contributed by atoms with van der Waals surface area (Å²) < 4.78 is 38.7. The van der Waals surface area contributed by atoms with Gasteiger partial charge < -0.3 is 0 Å². The van der Waals surface area contributed by atoms with Crippen molar-refractivity contribution in [1.29, 1.82) is 0 Å². The normalized spacial score (nSPS) is 22.6. The first-order valence-electron chi connectivity index (χ1n) is 5.37. The number of thioether (sulfide) groups is 1. The van der Waals surface area contributed by atoms with Crippen molar-refractivity contribution < 1.29 is 12.8 Å². The zero-order chi connectivity index (χ0) is 12.5. The minimum Gasteiger partial charge on any atom is -0.207 e. The Hall–Kier alpha value is -0.590. The molecule has 0 saturated carbocycles. The van der Waals surface area contributed by atoms with E-state index in [-0.39, 0.29) is 4.90 Å². The average molecular weight is 275 g/mol. The summed E-state index contributed by atoms with van der Waals surface area (Å²) in [6.45, 7) is 3.05. The largest absolute Gasteiger partial charge is 0.243 e. The van der Waals surface area contributed by atoms with E-state index in [1.807, 2.05) is 6.92 Å². The van der Waals surface area contributed by atoms with Crippen LogP contribution in [0, 0.1) is 5.82 Å². The van der Waals surface area contributed by atoms with Crippen molar-refractivity contribution in [3.8, 4) is 0 Å². The molecule has 1 heterocycles. The van der Waals surface area contributed by atoms with Crippen molar-refractivity contribution in [2.75, 3.05) is 18.8 Å². The highest BCUT2D eigenvalue weighted by molar-refractivity contribution is 8.00. The van der Waals surface area contributed by atoms with Gasteiger partial charge in [-0.2, -0.15) is 16.1 Å². The van der Waals surface area contributed by atoms with Gasteiger partial charge in [0.05, 0.1) is 4.90 Å². The molecule has 1 aromatic carbocycles. The highest BCUT2D eigenvalue weighted by Gasteiger charge is 2.28. The Morgan fingerprint density at radius 3 is 2.59 bits per heavy atom. The number of nitrogens with zero attached hydrogens (tertiary/aromatic N) is 1. The summed E-state index contributed by atoms with van der Waals surface area (Å²) in [5.41, 5.74) is 0. The molecule has 0 spiro atoms. The van der Waals surface area contributed by atoms with Crippen molar-refractivity contribution >= 4 is 21.8 Å². The molecule has 1 aromatic rings. The zero-order valence-electron chi connectivity index (χ0n) is 9.47. The van der Waals surface area contributed by atoms with Crippen LogP contribution >= 0.6 is 11.8 Å². The third-order valence-corrected chi connectivity index (χ3v) is 5.67. The standard InChI is InChI=1S/C11H14FNO2S2/c1-9-8-13(6-7-16-9)17(14,15)11-4-2-10(12)3-5-11/h2-5,9H,6-8H2,1H3. The summed E-state index contributed by atoms with van der Waals surface area (Å²) in [7, 11) is -3.46. The van der Waals surface area contributed by atoms with Crippen molar-refractivity contribution in [3.63, 3.8) is 0 Å². The van der Waals surface area contributed by atoms with E-state index in [1.165, 1.54) is 28.6 Å². The second-order valence-corrected chi connectivity index (χ2v) is 7.48. The summed E-state index contributed by atoms with van der Waals surface area (Å²) >= 11 is 1.77. The molecular weight excluding hydrogens is 261 g/mol. The third kappa shape index (κ3) is 2.81. The van der Waals surface area contributed by atoms with Gasteiger partial charge in [-0.3, -0.25) is 0 Å². The maximum Gasteiger partial charge on any atom is 0.243 e. The van der Waals surface area contributed by atoms with Crippen LogP contribution in [-0.4, -0.2) is 36.8 Å². The SMILES string of the molecule is CC1CN(S(=O)(=O)c2ccc(F)cc2)CCS1. The van der Waals surface area contributed by atoms with E-state index in [4.69, 9.17) is 0 Å². The number of rotatable bonds is 2. The fourth-order valence-corrected chi connectivity index (χ4v) is 4.51. The molecule has 0 aromatic heterocycles. The molecule has 17 heavy (non-hydrogen) atoms. The quantitative estimate of drug-likeness (QED) is 0.828. The van der Waals surface area contributed by atoms with Crippen molar-refractivity contribution in [2.24, 2.45) is 0 Å². The molecule has 1 atom stereocenters. The molecule has 1 fully saturated rings. The van der Waals surface area contributed by atoms with E-state index in [0.717, 1.165) is 5.75 Å². The minimum atomic E-state index is -3.46. The van der Waals surface area contributed by atoms with E-state index in [2.05, 4.69) is 0 Å². The van der Waals surface area contributed by atoms with Crippen LogP contribution in [0.5, 0.6) is 0 Å². The molecule has 1 aliphatic heterocycles. The van der Waals surface area contributed by atoms with Crippen molar-refractivity contribution in [1.82, 2.24) is 4.31 Å². The van der Waals surface area contributed by atoms with Gasteiger partial charge in [-0.25, -0.2) is 12.8 Å². The van der Waals surface area contributed by atoms with Crippen LogP contribution in [0.15, 0.2) is 29.2 Å². The molecular formula is C11H14FNO2S2. The fourth-order valence-electron chi connectivity index (χ4n) is 1.76. The lowest BCUT2D eigenvalue weighted by Gasteiger charge is -2.29. The zero-order valence-corrected chi connectivity index (χ0v) is 11.1. The van der Waals surface area contributed by atoms with Gasteiger partial charge in [-0.05, 0) is 24.3 Å². The molecule has 94 valence electrons. The van der Waals surface area contributed by atoms with Gasteiger partial charge in [0, 0.05) is 24.1 Å². The maximum absolute atomic E-state index is 12.8. The molecule has 3 nitrogen and oxygen atoms in total. The summed E-state index contributed by atoms with van der Waals surface area (Å²) in [4.78, 5) is 0.165. The van der Waals surface area contributed by atoms with Gasteiger partial charge in [-0.1, -0.05) is 6.92 Å². The van der Waals surface area contributed by atoms with Gasteiger partial charge >= 0.3 is 0 Å². The Balaban J connectivity index is 2.26. The molecule has 0 radical (unpaired) electrons. The minimum absolute atomic E-state index is 0.165. The first kappa shape index (κ1) is 12.9. The van der Waals surface area contributed by atoms with Gasteiger partial charge in [0.25, 0.3) is 0 Å². The Kier molecular flexibility index (Phi) is 3.75. The van der Waals surface area contributed by atoms with E-state index < -0.39 is 15.8 Å². The third-order valence-electron chi connectivity index (χ3n) is 2.66. The first-order chi connectivity index (χ1) is 8.00. The maximum atomic E-state index is 12.8. The smallest absolute Gasteiger partial charge is 0.207 e. The second kappa shape index (κ2) is 4.96. The second-order valence-electron chi connectivity index (χ2n) is 4.00.